The first kappa shape index (κ1) is 11.9. The second-order valence-electron chi connectivity index (χ2n) is 4.75. The van der Waals surface area contributed by atoms with Crippen molar-refractivity contribution >= 4 is 44.3 Å². The Hall–Kier alpha value is -1.88. The summed E-state index contributed by atoms with van der Waals surface area (Å²) in [6.45, 7) is 0. The highest BCUT2D eigenvalue weighted by Crippen LogP contribution is 2.24. The van der Waals surface area contributed by atoms with Crippen LogP contribution in [0.4, 0.5) is 0 Å². The fourth-order valence-corrected chi connectivity index (χ4v) is 3.21. The molecule has 96 valence electrons. The summed E-state index contributed by atoms with van der Waals surface area (Å²) in [5, 5.41) is 3.66. The first-order valence-corrected chi connectivity index (χ1v) is 7.51. The van der Waals surface area contributed by atoms with Gasteiger partial charge in [0.25, 0.3) is 0 Å². The van der Waals surface area contributed by atoms with Crippen LogP contribution < -0.4 is 0 Å². The fourth-order valence-electron chi connectivity index (χ4n) is 2.54. The zero-order valence-electron chi connectivity index (χ0n) is 10.6. The molecule has 0 aliphatic rings. The molecule has 0 aliphatic carbocycles. The Morgan fingerprint density at radius 2 is 1.75 bits per heavy atom. The van der Waals surface area contributed by atoms with Crippen LogP contribution in [-0.2, 0) is 0 Å². The van der Waals surface area contributed by atoms with Crippen molar-refractivity contribution in [3.8, 4) is 5.82 Å². The monoisotopic (exact) mass is 367 g/mol. The first-order valence-electron chi connectivity index (χ1n) is 6.44. The molecule has 4 aromatic rings. The summed E-state index contributed by atoms with van der Waals surface area (Å²) < 4.78 is 3.39. The Morgan fingerprint density at radius 3 is 2.70 bits per heavy atom. The number of nitrogens with zero attached hydrogens (tertiary/aromatic N) is 2. The molecule has 0 fully saturated rings. The minimum absolute atomic E-state index is 0.961. The molecule has 0 saturated heterocycles. The third-order valence-corrected chi connectivity index (χ3v) is 4.48. The molecule has 0 saturated carbocycles. The van der Waals surface area contributed by atoms with E-state index in [1.807, 2.05) is 6.20 Å². The Balaban J connectivity index is 2.00. The zero-order valence-corrected chi connectivity index (χ0v) is 12.8. The van der Waals surface area contributed by atoms with Crippen LogP contribution in [0.1, 0.15) is 0 Å². The zero-order chi connectivity index (χ0) is 13.5. The Labute approximate surface area is 130 Å². The third kappa shape index (κ3) is 1.81. The molecule has 3 heteroatoms. The van der Waals surface area contributed by atoms with Crippen molar-refractivity contribution in [1.82, 2.24) is 9.55 Å². The van der Waals surface area contributed by atoms with E-state index in [0.29, 0.717) is 0 Å². The maximum Gasteiger partial charge on any atom is 0.137 e. The van der Waals surface area contributed by atoms with E-state index < -0.39 is 0 Å². The molecular formula is C17H11IN2. The van der Waals surface area contributed by atoms with Gasteiger partial charge in [-0.3, -0.25) is 0 Å². The molecule has 0 aliphatic heterocycles. The molecule has 0 spiro atoms. The summed E-state index contributed by atoms with van der Waals surface area (Å²) in [6.07, 6.45) is 4.02. The Kier molecular flexibility index (Phi) is 2.73. The van der Waals surface area contributed by atoms with Crippen LogP contribution in [0, 0.1) is 3.57 Å². The predicted molar refractivity (Wildman–Crippen MR) is 91.3 cm³/mol. The molecule has 2 heterocycles. The van der Waals surface area contributed by atoms with Crippen LogP contribution in [0.5, 0.6) is 0 Å². The molecule has 2 nitrogen and oxygen atoms in total. The Bertz CT molecular complexity index is 924. The second-order valence-corrected chi connectivity index (χ2v) is 5.91. The summed E-state index contributed by atoms with van der Waals surface area (Å²) in [5.74, 6) is 0.961. The summed E-state index contributed by atoms with van der Waals surface area (Å²) in [4.78, 5) is 4.60. The van der Waals surface area contributed by atoms with Crippen LogP contribution in [-0.4, -0.2) is 9.55 Å². The van der Waals surface area contributed by atoms with Gasteiger partial charge in [0, 0.05) is 26.7 Å². The number of para-hydroxylation sites is 1. The van der Waals surface area contributed by atoms with Gasteiger partial charge >= 0.3 is 0 Å². The first-order chi connectivity index (χ1) is 9.83. The minimum Gasteiger partial charge on any atom is -0.301 e. The molecule has 0 bridgehead atoms. The summed E-state index contributed by atoms with van der Waals surface area (Å²) >= 11 is 2.37. The second kappa shape index (κ2) is 4.59. The van der Waals surface area contributed by atoms with E-state index in [1.165, 1.54) is 25.2 Å². The number of fused-ring (bicyclic) bond motifs is 2. The van der Waals surface area contributed by atoms with E-state index in [1.54, 1.807) is 0 Å². The average molecular weight is 367 g/mol. The number of benzene rings is 2. The van der Waals surface area contributed by atoms with Crippen LogP contribution in [0.3, 0.4) is 0 Å². The van der Waals surface area contributed by atoms with Crippen molar-refractivity contribution in [2.75, 3.05) is 0 Å². The van der Waals surface area contributed by atoms with E-state index in [9.17, 15) is 0 Å². The van der Waals surface area contributed by atoms with Gasteiger partial charge in [0.05, 0.1) is 5.52 Å². The van der Waals surface area contributed by atoms with E-state index in [2.05, 4.69) is 92.9 Å². The molecular weight excluding hydrogens is 356 g/mol. The van der Waals surface area contributed by atoms with E-state index in [0.717, 1.165) is 5.82 Å². The lowest BCUT2D eigenvalue weighted by molar-refractivity contribution is 1.05. The lowest BCUT2D eigenvalue weighted by atomic mass is 10.2. The molecule has 0 amide bonds. The number of aromatic nitrogens is 2. The topological polar surface area (TPSA) is 17.8 Å². The van der Waals surface area contributed by atoms with Crippen LogP contribution in [0.25, 0.3) is 27.5 Å². The van der Waals surface area contributed by atoms with Crippen LogP contribution in [0.2, 0.25) is 0 Å². The molecule has 20 heavy (non-hydrogen) atoms. The maximum atomic E-state index is 4.60. The highest BCUT2D eigenvalue weighted by Gasteiger charge is 2.06. The van der Waals surface area contributed by atoms with E-state index in [-0.39, 0.29) is 0 Å². The minimum atomic E-state index is 0.961. The molecule has 4 rings (SSSR count). The molecule has 0 radical (unpaired) electrons. The lowest BCUT2D eigenvalue weighted by Gasteiger charge is -2.07. The standard InChI is InChI=1S/C17H11IN2/c18-15-6-3-5-13-11-19-17(10-14(13)15)20-9-8-12-4-1-2-7-16(12)20/h1-11H/i18-3. The molecule has 0 unspecified atom stereocenters. The van der Waals surface area contributed by atoms with Gasteiger partial charge in [-0.1, -0.05) is 30.3 Å². The van der Waals surface area contributed by atoms with Crippen molar-refractivity contribution in [1.29, 1.82) is 0 Å². The van der Waals surface area contributed by atoms with Gasteiger partial charge < -0.3 is 4.57 Å². The van der Waals surface area contributed by atoms with Gasteiger partial charge in [-0.05, 0) is 52.2 Å². The largest absolute Gasteiger partial charge is 0.301 e. The number of hydrogen-bond acceptors (Lipinski definition) is 1. The SMILES string of the molecule is [124I]c1cccc2cnc(-n3ccc4ccccc43)cc12. The van der Waals surface area contributed by atoms with E-state index >= 15 is 0 Å². The van der Waals surface area contributed by atoms with Gasteiger partial charge in [-0.15, -0.1) is 0 Å². The quantitative estimate of drug-likeness (QED) is 0.443. The summed E-state index contributed by atoms with van der Waals surface area (Å²) in [7, 11) is 0. The molecule has 2 aromatic heterocycles. The van der Waals surface area contributed by atoms with Crippen LogP contribution >= 0.6 is 22.6 Å². The number of hydrogen-bond donors (Lipinski definition) is 0. The van der Waals surface area contributed by atoms with E-state index in [4.69, 9.17) is 0 Å². The van der Waals surface area contributed by atoms with Gasteiger partial charge in [-0.25, -0.2) is 4.98 Å². The van der Waals surface area contributed by atoms with Gasteiger partial charge in [0.15, 0.2) is 0 Å². The highest BCUT2D eigenvalue weighted by atomic mass is 124. The van der Waals surface area contributed by atoms with Gasteiger partial charge in [0.1, 0.15) is 5.82 Å². The van der Waals surface area contributed by atoms with Crippen molar-refractivity contribution in [3.05, 3.63) is 70.6 Å². The normalized spacial score (nSPS) is 11.2. The van der Waals surface area contributed by atoms with Crippen molar-refractivity contribution < 1.29 is 0 Å². The maximum absolute atomic E-state index is 4.60. The predicted octanol–water partition coefficient (Wildman–Crippen LogP) is 4.78. The molecule has 0 atom stereocenters. The number of rotatable bonds is 1. The van der Waals surface area contributed by atoms with Crippen LogP contribution in [0.15, 0.2) is 67.0 Å². The Morgan fingerprint density at radius 1 is 0.900 bits per heavy atom. The fraction of sp³-hybridized carbons (Fsp3) is 0. The van der Waals surface area contributed by atoms with Gasteiger partial charge in [0.2, 0.25) is 0 Å². The highest BCUT2D eigenvalue weighted by molar-refractivity contribution is 14.1. The van der Waals surface area contributed by atoms with Crippen molar-refractivity contribution in [2.45, 2.75) is 0 Å². The average Bonchev–Trinajstić information content (AvgIpc) is 2.91. The molecule has 2 aromatic carbocycles. The summed E-state index contributed by atoms with van der Waals surface area (Å²) in [5.41, 5.74) is 1.19. The molecule has 0 N–H and O–H groups in total. The van der Waals surface area contributed by atoms with Gasteiger partial charge in [-0.2, -0.15) is 0 Å². The lowest BCUT2D eigenvalue weighted by Crippen LogP contribution is -1.95. The third-order valence-electron chi connectivity index (χ3n) is 3.54. The number of pyridine rings is 1. The van der Waals surface area contributed by atoms with Crippen molar-refractivity contribution in [2.24, 2.45) is 0 Å². The number of halogens is 1. The smallest absolute Gasteiger partial charge is 0.137 e. The summed E-state index contributed by atoms with van der Waals surface area (Å²) in [6, 6.07) is 18.9. The van der Waals surface area contributed by atoms with Crippen molar-refractivity contribution in [3.63, 3.8) is 0 Å².